The van der Waals surface area contributed by atoms with Crippen molar-refractivity contribution in [2.45, 2.75) is 77.8 Å². The van der Waals surface area contributed by atoms with E-state index in [0.29, 0.717) is 0 Å². The van der Waals surface area contributed by atoms with E-state index in [1.165, 1.54) is 0 Å². The molecule has 0 aromatic carbocycles. The van der Waals surface area contributed by atoms with Gasteiger partial charge in [-0.25, -0.2) is 0 Å². The zero-order valence-electron chi connectivity index (χ0n) is 13.0. The Balaban J connectivity index is 3.13. The van der Waals surface area contributed by atoms with Gasteiger partial charge in [0.25, 0.3) is 0 Å². The predicted molar refractivity (Wildman–Crippen MR) is 83.4 cm³/mol. The van der Waals surface area contributed by atoms with Gasteiger partial charge >= 0.3 is 25.7 Å². The van der Waals surface area contributed by atoms with E-state index in [4.69, 9.17) is 12.3 Å². The Morgan fingerprint density at radius 2 is 0.611 bits per heavy atom. The highest BCUT2D eigenvalue weighted by molar-refractivity contribution is 6.94. The van der Waals surface area contributed by atoms with Gasteiger partial charge in [0.1, 0.15) is 0 Å². The molecule has 0 bridgehead atoms. The zero-order chi connectivity index (χ0) is 13.9. The Morgan fingerprint density at radius 3 is 0.722 bits per heavy atom. The van der Waals surface area contributed by atoms with Gasteiger partial charge in [0.05, 0.1) is 0 Å². The fraction of sp³-hybridized carbons (Fsp3) is 1.00. The summed E-state index contributed by atoms with van der Waals surface area (Å²) in [6, 6.07) is 6.40. The van der Waals surface area contributed by atoms with Crippen LogP contribution in [0.1, 0.15) is 41.5 Å². The van der Waals surface area contributed by atoms with Gasteiger partial charge in [0.2, 0.25) is 0 Å². The van der Waals surface area contributed by atoms with Gasteiger partial charge in [-0.2, -0.15) is 0 Å². The van der Waals surface area contributed by atoms with Crippen LogP contribution in [0.4, 0.5) is 0 Å². The van der Waals surface area contributed by atoms with Crippen LogP contribution in [0.15, 0.2) is 0 Å². The average Bonchev–Trinajstić information content (AvgIpc) is 2.46. The predicted octanol–water partition coefficient (Wildman–Crippen LogP) is 4.50. The van der Waals surface area contributed by atoms with Crippen LogP contribution in [0, 0.1) is 0 Å². The van der Waals surface area contributed by atoms with Gasteiger partial charge in [-0.15, -0.1) is 0 Å². The Kier molecular flexibility index (Phi) is 5.82. The van der Waals surface area contributed by atoms with E-state index >= 15 is 0 Å². The Hall–Kier alpha value is 0.531. The van der Waals surface area contributed by atoms with Crippen LogP contribution in [0.5, 0.6) is 0 Å². The smallest absolute Gasteiger partial charge is 0.320 e. The van der Waals surface area contributed by atoms with Crippen LogP contribution in [0.3, 0.4) is 0 Å². The van der Waals surface area contributed by atoms with E-state index in [-0.39, 0.29) is 0 Å². The quantitative estimate of drug-likeness (QED) is 0.676. The van der Waals surface area contributed by atoms with E-state index < -0.39 is 25.7 Å². The molecule has 1 fully saturated rings. The maximum Gasteiger partial charge on any atom is 0.320 e. The summed E-state index contributed by atoms with van der Waals surface area (Å²) >= 11 is 0. The topological polar surface area (TPSA) is 27.7 Å². The molecule has 0 amide bonds. The lowest BCUT2D eigenvalue weighted by Gasteiger charge is -2.52. The average molecular weight is 307 g/mol. The highest BCUT2D eigenvalue weighted by Crippen LogP contribution is 2.41. The molecular weight excluding hydrogens is 276 g/mol. The zero-order valence-corrected chi connectivity index (χ0v) is 16.0. The molecule has 0 radical (unpaired) electrons. The molecule has 0 unspecified atom stereocenters. The summed E-state index contributed by atoms with van der Waals surface area (Å²) in [5, 5.41) is 0. The minimum Gasteiger partial charge on any atom is -0.415 e. The Bertz CT molecular complexity index is 206. The maximum absolute atomic E-state index is 6.59. The first-order chi connectivity index (χ1) is 8.49. The summed E-state index contributed by atoms with van der Waals surface area (Å²) in [6.45, 7) is 13.4. The third-order valence-corrected chi connectivity index (χ3v) is 19.7. The second kappa shape index (κ2) is 6.32. The molecule has 0 N–H and O–H groups in total. The van der Waals surface area contributed by atoms with E-state index in [9.17, 15) is 0 Å². The minimum atomic E-state index is -1.99. The summed E-state index contributed by atoms with van der Waals surface area (Å²) in [5.41, 5.74) is 0. The molecule has 6 heteroatoms. The van der Waals surface area contributed by atoms with Gasteiger partial charge in [-0.1, -0.05) is 41.5 Å². The lowest BCUT2D eigenvalue weighted by atomic mass is 10.9. The summed E-state index contributed by atoms with van der Waals surface area (Å²) < 4.78 is 19.8. The normalized spacial score (nSPS) is 25.0. The lowest BCUT2D eigenvalue weighted by molar-refractivity contribution is 0.212. The van der Waals surface area contributed by atoms with Crippen LogP contribution >= 0.6 is 0 Å². The van der Waals surface area contributed by atoms with Crippen molar-refractivity contribution in [2.75, 3.05) is 0 Å². The van der Waals surface area contributed by atoms with Crippen molar-refractivity contribution in [2.24, 2.45) is 0 Å². The first kappa shape index (κ1) is 16.6. The number of hydrogen-bond donors (Lipinski definition) is 0. The largest absolute Gasteiger partial charge is 0.415 e. The molecule has 0 aliphatic carbocycles. The molecule has 1 aliphatic heterocycles. The van der Waals surface area contributed by atoms with E-state index in [1.807, 2.05) is 0 Å². The van der Waals surface area contributed by atoms with Crippen LogP contribution in [0.25, 0.3) is 0 Å². The Labute approximate surface area is 116 Å². The first-order valence-corrected chi connectivity index (χ1v) is 14.3. The summed E-state index contributed by atoms with van der Waals surface area (Å²) in [7, 11) is -5.96. The molecule has 18 heavy (non-hydrogen) atoms. The molecule has 1 rings (SSSR count). The van der Waals surface area contributed by atoms with E-state index in [1.54, 1.807) is 0 Å². The van der Waals surface area contributed by atoms with Crippen LogP contribution < -0.4 is 0 Å². The summed E-state index contributed by atoms with van der Waals surface area (Å²) in [6.07, 6.45) is 0. The van der Waals surface area contributed by atoms with Gasteiger partial charge in [0.15, 0.2) is 0 Å². The standard InChI is InChI=1S/C12H30O3Si3/c1-7-16(8-2)13-17(9-3,10-4)15-18(11-5,12-6)14-16/h7-12H2,1-6H3. The van der Waals surface area contributed by atoms with Crippen molar-refractivity contribution in [3.8, 4) is 0 Å². The highest BCUT2D eigenvalue weighted by Gasteiger charge is 2.58. The second-order valence-corrected chi connectivity index (χ2v) is 17.3. The third kappa shape index (κ3) is 2.99. The molecule has 1 saturated heterocycles. The molecule has 0 aromatic heterocycles. The van der Waals surface area contributed by atoms with Gasteiger partial charge < -0.3 is 12.3 Å². The molecule has 0 saturated carbocycles. The molecule has 108 valence electrons. The van der Waals surface area contributed by atoms with Crippen LogP contribution in [-0.4, -0.2) is 25.7 Å². The van der Waals surface area contributed by atoms with Gasteiger partial charge in [-0.05, 0) is 36.3 Å². The molecule has 0 spiro atoms. The Morgan fingerprint density at radius 1 is 0.444 bits per heavy atom. The SMILES string of the molecule is CC[Si]1(CC)O[Si](CC)(CC)O[Si](CC)(CC)O1. The fourth-order valence-corrected chi connectivity index (χ4v) is 20.9. The lowest BCUT2D eigenvalue weighted by Crippen LogP contribution is -2.69. The van der Waals surface area contributed by atoms with Crippen LogP contribution in [-0.2, 0) is 12.3 Å². The maximum atomic E-state index is 6.59. The summed E-state index contributed by atoms with van der Waals surface area (Å²) in [4.78, 5) is 0. The van der Waals surface area contributed by atoms with Crippen molar-refractivity contribution in [1.82, 2.24) is 0 Å². The molecule has 3 nitrogen and oxygen atoms in total. The molecule has 0 aromatic rings. The van der Waals surface area contributed by atoms with Crippen molar-refractivity contribution >= 4 is 25.7 Å². The second-order valence-electron chi connectivity index (χ2n) is 5.16. The van der Waals surface area contributed by atoms with Crippen molar-refractivity contribution < 1.29 is 12.3 Å². The first-order valence-electron chi connectivity index (χ1n) is 7.59. The molecule has 0 atom stereocenters. The molecular formula is C12H30O3Si3. The minimum absolute atomic E-state index is 1.07. The van der Waals surface area contributed by atoms with Gasteiger partial charge in [0, 0.05) is 0 Å². The highest BCUT2D eigenvalue weighted by atomic mass is 28.5. The van der Waals surface area contributed by atoms with Crippen molar-refractivity contribution in [3.63, 3.8) is 0 Å². The van der Waals surface area contributed by atoms with E-state index in [0.717, 1.165) is 36.3 Å². The fourth-order valence-electron chi connectivity index (χ4n) is 2.70. The third-order valence-electron chi connectivity index (χ3n) is 4.35. The molecule has 1 heterocycles. The van der Waals surface area contributed by atoms with Crippen molar-refractivity contribution in [3.05, 3.63) is 0 Å². The summed E-state index contributed by atoms with van der Waals surface area (Å²) in [5.74, 6) is 0. The number of hydrogen-bond acceptors (Lipinski definition) is 3. The van der Waals surface area contributed by atoms with Crippen molar-refractivity contribution in [1.29, 1.82) is 0 Å². The number of rotatable bonds is 6. The van der Waals surface area contributed by atoms with Crippen LogP contribution in [0.2, 0.25) is 36.3 Å². The van der Waals surface area contributed by atoms with Gasteiger partial charge in [-0.3, -0.25) is 0 Å². The molecule has 1 aliphatic rings. The monoisotopic (exact) mass is 306 g/mol. The van der Waals surface area contributed by atoms with E-state index in [2.05, 4.69) is 41.5 Å².